The SMILES string of the molecule is O=C(NN=Cc1ccc(F)c(I)c1)c1ccn2ccnc2c1. The molecule has 22 heavy (non-hydrogen) atoms. The highest BCUT2D eigenvalue weighted by molar-refractivity contribution is 14.1. The largest absolute Gasteiger partial charge is 0.307 e. The van der Waals surface area contributed by atoms with Crippen molar-refractivity contribution in [2.24, 2.45) is 5.10 Å². The monoisotopic (exact) mass is 408 g/mol. The number of carbonyl (C=O) groups is 1. The fourth-order valence-corrected chi connectivity index (χ4v) is 2.41. The van der Waals surface area contributed by atoms with Gasteiger partial charge in [-0.1, -0.05) is 6.07 Å². The average molecular weight is 408 g/mol. The van der Waals surface area contributed by atoms with Crippen molar-refractivity contribution in [3.05, 3.63) is 69.4 Å². The lowest BCUT2D eigenvalue weighted by Gasteiger charge is -2.01. The van der Waals surface area contributed by atoms with Crippen molar-refractivity contribution in [2.75, 3.05) is 0 Å². The predicted molar refractivity (Wildman–Crippen MR) is 89.4 cm³/mol. The number of benzene rings is 1. The maximum atomic E-state index is 13.1. The fourth-order valence-electron chi connectivity index (χ4n) is 1.87. The summed E-state index contributed by atoms with van der Waals surface area (Å²) in [7, 11) is 0. The molecule has 0 radical (unpaired) electrons. The van der Waals surface area contributed by atoms with Crippen LogP contribution in [0.1, 0.15) is 15.9 Å². The van der Waals surface area contributed by atoms with E-state index in [1.54, 1.807) is 47.3 Å². The zero-order valence-corrected chi connectivity index (χ0v) is 13.4. The molecule has 0 saturated carbocycles. The number of hydrogen-bond donors (Lipinski definition) is 1. The fraction of sp³-hybridized carbons (Fsp3) is 0. The molecule has 0 saturated heterocycles. The molecule has 5 nitrogen and oxygen atoms in total. The zero-order valence-electron chi connectivity index (χ0n) is 11.2. The lowest BCUT2D eigenvalue weighted by atomic mass is 10.2. The lowest BCUT2D eigenvalue weighted by molar-refractivity contribution is 0.0955. The average Bonchev–Trinajstić information content (AvgIpc) is 2.98. The van der Waals surface area contributed by atoms with Crippen molar-refractivity contribution in [2.45, 2.75) is 0 Å². The summed E-state index contributed by atoms with van der Waals surface area (Å²) in [4.78, 5) is 16.1. The number of hydrazone groups is 1. The van der Waals surface area contributed by atoms with Crippen LogP contribution in [0.5, 0.6) is 0 Å². The number of nitrogens with one attached hydrogen (secondary N) is 1. The first-order valence-electron chi connectivity index (χ1n) is 6.35. The van der Waals surface area contributed by atoms with Gasteiger partial charge >= 0.3 is 0 Å². The molecule has 0 aliphatic carbocycles. The number of fused-ring (bicyclic) bond motifs is 1. The Morgan fingerprint density at radius 1 is 1.32 bits per heavy atom. The van der Waals surface area contributed by atoms with Crippen molar-refractivity contribution in [3.8, 4) is 0 Å². The van der Waals surface area contributed by atoms with Crippen molar-refractivity contribution >= 4 is 40.4 Å². The minimum Gasteiger partial charge on any atom is -0.307 e. The van der Waals surface area contributed by atoms with Gasteiger partial charge in [-0.2, -0.15) is 5.10 Å². The van der Waals surface area contributed by atoms with E-state index in [-0.39, 0.29) is 11.7 Å². The quantitative estimate of drug-likeness (QED) is 0.412. The number of carbonyl (C=O) groups excluding carboxylic acids is 1. The number of imidazole rings is 1. The van der Waals surface area contributed by atoms with Gasteiger partial charge in [0.2, 0.25) is 0 Å². The van der Waals surface area contributed by atoms with Gasteiger partial charge in [-0.05, 0) is 52.4 Å². The molecule has 0 fully saturated rings. The Balaban J connectivity index is 1.70. The number of nitrogens with zero attached hydrogens (tertiary/aromatic N) is 3. The van der Waals surface area contributed by atoms with Crippen molar-refractivity contribution in [1.29, 1.82) is 0 Å². The molecule has 110 valence electrons. The topological polar surface area (TPSA) is 58.8 Å². The zero-order chi connectivity index (χ0) is 15.5. The van der Waals surface area contributed by atoms with Crippen LogP contribution in [0.3, 0.4) is 0 Å². The van der Waals surface area contributed by atoms with Crippen LogP contribution in [0.2, 0.25) is 0 Å². The molecule has 0 spiro atoms. The van der Waals surface area contributed by atoms with Crippen molar-refractivity contribution in [1.82, 2.24) is 14.8 Å². The molecule has 3 rings (SSSR count). The minimum absolute atomic E-state index is 0.283. The minimum atomic E-state index is -0.335. The molecule has 7 heteroatoms. The highest BCUT2D eigenvalue weighted by atomic mass is 127. The van der Waals surface area contributed by atoms with E-state index in [1.807, 2.05) is 22.6 Å². The molecule has 3 aromatic rings. The van der Waals surface area contributed by atoms with Gasteiger partial charge in [0, 0.05) is 27.7 Å². The first kappa shape index (κ1) is 14.6. The molecule has 0 atom stereocenters. The van der Waals surface area contributed by atoms with Gasteiger partial charge in [-0.15, -0.1) is 0 Å². The van der Waals surface area contributed by atoms with Gasteiger partial charge in [-0.3, -0.25) is 4.79 Å². The third kappa shape index (κ3) is 3.14. The van der Waals surface area contributed by atoms with E-state index in [1.165, 1.54) is 12.3 Å². The molecule has 1 amide bonds. The smallest absolute Gasteiger partial charge is 0.271 e. The number of halogens is 2. The summed E-state index contributed by atoms with van der Waals surface area (Å²) in [6.45, 7) is 0. The van der Waals surface area contributed by atoms with E-state index in [0.717, 1.165) is 0 Å². The second kappa shape index (κ2) is 6.22. The molecule has 2 heterocycles. The lowest BCUT2D eigenvalue weighted by Crippen LogP contribution is -2.17. The van der Waals surface area contributed by atoms with Gasteiger partial charge in [0.15, 0.2) is 0 Å². The second-order valence-corrected chi connectivity index (χ2v) is 5.64. The Labute approximate surface area is 139 Å². The summed E-state index contributed by atoms with van der Waals surface area (Å²) in [6, 6.07) is 7.94. The van der Waals surface area contributed by atoms with Gasteiger partial charge in [0.05, 0.1) is 6.21 Å². The van der Waals surface area contributed by atoms with Crippen LogP contribution in [0.15, 0.2) is 54.0 Å². The van der Waals surface area contributed by atoms with E-state index in [4.69, 9.17) is 0 Å². The molecule has 1 N–H and O–H groups in total. The summed E-state index contributed by atoms with van der Waals surface area (Å²) in [5.41, 5.74) is 4.29. The summed E-state index contributed by atoms with van der Waals surface area (Å²) < 4.78 is 15.4. The van der Waals surface area contributed by atoms with Crippen LogP contribution in [-0.2, 0) is 0 Å². The van der Waals surface area contributed by atoms with E-state index in [9.17, 15) is 9.18 Å². The Bertz CT molecular complexity index is 875. The van der Waals surface area contributed by atoms with E-state index in [2.05, 4.69) is 15.5 Å². The van der Waals surface area contributed by atoms with E-state index < -0.39 is 0 Å². The molecule has 2 aromatic heterocycles. The van der Waals surface area contributed by atoms with E-state index in [0.29, 0.717) is 20.3 Å². The number of amides is 1. The van der Waals surface area contributed by atoms with Gasteiger partial charge in [-0.25, -0.2) is 14.8 Å². The normalized spacial score (nSPS) is 11.2. The Kier molecular flexibility index (Phi) is 4.14. The Hall–Kier alpha value is -2.29. The molecular formula is C15H10FIN4O. The number of rotatable bonds is 3. The van der Waals surface area contributed by atoms with Crippen molar-refractivity contribution in [3.63, 3.8) is 0 Å². The van der Waals surface area contributed by atoms with Crippen LogP contribution < -0.4 is 5.43 Å². The molecule has 0 unspecified atom stereocenters. The van der Waals surface area contributed by atoms with E-state index >= 15 is 0 Å². The first-order valence-corrected chi connectivity index (χ1v) is 7.42. The standard InChI is InChI=1S/C15H10FIN4O/c16-12-2-1-10(7-13(12)17)9-19-20-15(22)11-3-5-21-6-4-18-14(21)8-11/h1-9H,(H,20,22). The van der Waals surface area contributed by atoms with Gasteiger partial charge < -0.3 is 4.40 Å². The highest BCUT2D eigenvalue weighted by Gasteiger charge is 2.05. The summed E-state index contributed by atoms with van der Waals surface area (Å²) in [5.74, 6) is -0.617. The molecule has 0 aliphatic rings. The summed E-state index contributed by atoms with van der Waals surface area (Å²) in [5, 5.41) is 3.88. The Morgan fingerprint density at radius 2 is 2.18 bits per heavy atom. The van der Waals surface area contributed by atoms with Crippen LogP contribution in [0.4, 0.5) is 4.39 Å². The molecule has 1 aromatic carbocycles. The summed E-state index contributed by atoms with van der Waals surface area (Å²) in [6.07, 6.45) is 6.67. The van der Waals surface area contributed by atoms with Crippen molar-refractivity contribution < 1.29 is 9.18 Å². The number of aromatic nitrogens is 2. The van der Waals surface area contributed by atoms with Gasteiger partial charge in [0.1, 0.15) is 11.5 Å². The maximum absolute atomic E-state index is 13.1. The number of hydrogen-bond acceptors (Lipinski definition) is 3. The third-order valence-corrected chi connectivity index (χ3v) is 3.81. The Morgan fingerprint density at radius 3 is 3.00 bits per heavy atom. The maximum Gasteiger partial charge on any atom is 0.271 e. The molecule has 0 bridgehead atoms. The second-order valence-electron chi connectivity index (χ2n) is 4.48. The highest BCUT2D eigenvalue weighted by Crippen LogP contribution is 2.11. The summed E-state index contributed by atoms with van der Waals surface area (Å²) >= 11 is 1.90. The molecule has 0 aliphatic heterocycles. The van der Waals surface area contributed by atoms with Crippen LogP contribution in [0, 0.1) is 9.39 Å². The first-order chi connectivity index (χ1) is 10.6. The number of pyridine rings is 1. The van der Waals surface area contributed by atoms with Crippen LogP contribution in [0.25, 0.3) is 5.65 Å². The van der Waals surface area contributed by atoms with Crippen LogP contribution >= 0.6 is 22.6 Å². The predicted octanol–water partition coefficient (Wildman–Crippen LogP) is 2.84. The van der Waals surface area contributed by atoms with Crippen LogP contribution in [-0.4, -0.2) is 21.5 Å². The van der Waals surface area contributed by atoms with Gasteiger partial charge in [0.25, 0.3) is 5.91 Å². The third-order valence-electron chi connectivity index (χ3n) is 2.98. The molecular weight excluding hydrogens is 398 g/mol.